The largest absolute Gasteiger partial charge is 0.460 e. The molecule has 7 nitrogen and oxygen atoms in total. The van der Waals surface area contributed by atoms with Crippen LogP contribution in [-0.4, -0.2) is 48.0 Å². The summed E-state index contributed by atoms with van der Waals surface area (Å²) in [5, 5.41) is 0. The van der Waals surface area contributed by atoms with Crippen molar-refractivity contribution in [2.75, 3.05) is 19.6 Å². The summed E-state index contributed by atoms with van der Waals surface area (Å²) in [4.78, 5) is 39.4. The van der Waals surface area contributed by atoms with E-state index < -0.39 is 17.0 Å². The number of likely N-dealkylation sites (tertiary alicyclic amines) is 1. The van der Waals surface area contributed by atoms with E-state index in [1.165, 1.54) is 4.90 Å². The Kier molecular flexibility index (Phi) is 8.41. The quantitative estimate of drug-likeness (QED) is 0.489. The van der Waals surface area contributed by atoms with Crippen LogP contribution in [0.1, 0.15) is 58.4 Å². The lowest BCUT2D eigenvalue weighted by Crippen LogP contribution is -2.50. The first-order valence-corrected chi connectivity index (χ1v) is 10.6. The highest BCUT2D eigenvalue weighted by molar-refractivity contribution is 5.89. The molecule has 0 saturated carbocycles. The van der Waals surface area contributed by atoms with Crippen molar-refractivity contribution in [2.24, 2.45) is 11.1 Å². The zero-order valence-electron chi connectivity index (χ0n) is 18.3. The molecular weight excluding hydrogens is 384 g/mol. The molecule has 1 unspecified atom stereocenters. The van der Waals surface area contributed by atoms with E-state index in [1.54, 1.807) is 20.8 Å². The topological polar surface area (TPSA) is 98.9 Å². The van der Waals surface area contributed by atoms with Gasteiger partial charge in [-0.15, -0.1) is 0 Å². The number of esters is 2. The highest BCUT2D eigenvalue weighted by Crippen LogP contribution is 2.39. The Morgan fingerprint density at radius 2 is 1.87 bits per heavy atom. The van der Waals surface area contributed by atoms with Gasteiger partial charge in [-0.3, -0.25) is 14.4 Å². The first-order valence-electron chi connectivity index (χ1n) is 10.6. The maximum Gasteiger partial charge on any atom is 0.326 e. The highest BCUT2D eigenvalue weighted by Gasteiger charge is 2.46. The normalized spacial score (nSPS) is 19.5. The zero-order valence-corrected chi connectivity index (χ0v) is 18.3. The third-order valence-electron chi connectivity index (χ3n) is 5.20. The molecule has 7 heteroatoms. The van der Waals surface area contributed by atoms with Gasteiger partial charge in [0.05, 0.1) is 5.41 Å². The maximum absolute atomic E-state index is 13.0. The van der Waals surface area contributed by atoms with Crippen molar-refractivity contribution in [2.45, 2.75) is 65.1 Å². The first kappa shape index (κ1) is 23.9. The lowest BCUT2D eigenvalue weighted by atomic mass is 9.74. The maximum atomic E-state index is 13.0. The number of benzene rings is 1. The minimum Gasteiger partial charge on any atom is -0.460 e. The average molecular weight is 419 g/mol. The van der Waals surface area contributed by atoms with Gasteiger partial charge in [0.25, 0.3) is 0 Å². The van der Waals surface area contributed by atoms with Crippen molar-refractivity contribution < 1.29 is 23.9 Å². The molecule has 1 aromatic carbocycles. The fourth-order valence-electron chi connectivity index (χ4n) is 3.63. The molecule has 2 rings (SSSR count). The minimum atomic E-state index is -0.870. The minimum absolute atomic E-state index is 0.0357. The molecule has 1 aliphatic heterocycles. The molecule has 1 aromatic rings. The Labute approximate surface area is 178 Å². The van der Waals surface area contributed by atoms with Crippen LogP contribution < -0.4 is 5.73 Å². The van der Waals surface area contributed by atoms with Gasteiger partial charge in [-0.05, 0) is 52.1 Å². The monoisotopic (exact) mass is 418 g/mol. The summed E-state index contributed by atoms with van der Waals surface area (Å²) in [7, 11) is 0. The number of unbranched alkanes of at least 4 members (excludes halogenated alkanes) is 1. The number of hydrogen-bond donors (Lipinski definition) is 1. The third-order valence-corrected chi connectivity index (χ3v) is 5.20. The SMILES string of the molecule is CC(C)(C)OC(=O)CN1CCC(CCCCN)(C(=O)OCc2ccccc2)CC1=O. The molecule has 1 atom stereocenters. The van der Waals surface area contributed by atoms with Crippen LogP contribution >= 0.6 is 0 Å². The number of nitrogens with zero attached hydrogens (tertiary/aromatic N) is 1. The van der Waals surface area contributed by atoms with E-state index in [0.29, 0.717) is 25.9 Å². The van der Waals surface area contributed by atoms with E-state index in [1.807, 2.05) is 30.3 Å². The lowest BCUT2D eigenvalue weighted by Gasteiger charge is -2.39. The van der Waals surface area contributed by atoms with Crippen molar-refractivity contribution >= 4 is 17.8 Å². The van der Waals surface area contributed by atoms with Gasteiger partial charge in [0.15, 0.2) is 0 Å². The molecule has 1 aliphatic rings. The molecule has 30 heavy (non-hydrogen) atoms. The second-order valence-corrected chi connectivity index (χ2v) is 8.92. The Morgan fingerprint density at radius 3 is 2.47 bits per heavy atom. The molecule has 1 heterocycles. The molecule has 2 N–H and O–H groups in total. The number of hydrogen-bond acceptors (Lipinski definition) is 6. The van der Waals surface area contributed by atoms with Crippen molar-refractivity contribution in [1.29, 1.82) is 0 Å². The van der Waals surface area contributed by atoms with E-state index in [9.17, 15) is 14.4 Å². The summed E-state index contributed by atoms with van der Waals surface area (Å²) in [6, 6.07) is 9.46. The fourth-order valence-corrected chi connectivity index (χ4v) is 3.63. The number of nitrogens with two attached hydrogens (primary N) is 1. The molecule has 1 amide bonds. The first-order chi connectivity index (χ1) is 14.1. The Balaban J connectivity index is 2.03. The standard InChI is InChI=1S/C23H34N2O5/c1-22(2,3)30-20(27)16-25-14-12-23(15-19(25)26,11-7-8-13-24)21(28)29-17-18-9-5-4-6-10-18/h4-6,9-10H,7-8,11-17,24H2,1-3H3. The molecule has 0 spiro atoms. The molecule has 166 valence electrons. The van der Waals surface area contributed by atoms with Crippen molar-refractivity contribution in [3.63, 3.8) is 0 Å². The number of amides is 1. The van der Waals surface area contributed by atoms with E-state index in [0.717, 1.165) is 18.4 Å². The summed E-state index contributed by atoms with van der Waals surface area (Å²) < 4.78 is 10.9. The smallest absolute Gasteiger partial charge is 0.326 e. The summed E-state index contributed by atoms with van der Waals surface area (Å²) in [5.41, 5.74) is 5.03. The molecule has 0 bridgehead atoms. The average Bonchev–Trinajstić information content (AvgIpc) is 2.68. The number of piperidine rings is 1. The van der Waals surface area contributed by atoms with Crippen LogP contribution in [0.25, 0.3) is 0 Å². The van der Waals surface area contributed by atoms with Gasteiger partial charge in [-0.2, -0.15) is 0 Å². The van der Waals surface area contributed by atoms with Crippen LogP contribution in [0.3, 0.4) is 0 Å². The summed E-state index contributed by atoms with van der Waals surface area (Å²) in [6.45, 7) is 6.29. The van der Waals surface area contributed by atoms with Crippen LogP contribution in [0.2, 0.25) is 0 Å². The summed E-state index contributed by atoms with van der Waals surface area (Å²) in [5.74, 6) is -1.02. The van der Waals surface area contributed by atoms with Crippen LogP contribution in [-0.2, 0) is 30.5 Å². The Morgan fingerprint density at radius 1 is 1.17 bits per heavy atom. The van der Waals surface area contributed by atoms with Crippen LogP contribution in [0.15, 0.2) is 30.3 Å². The predicted octanol–water partition coefficient (Wildman–Crippen LogP) is 2.81. The Bertz CT molecular complexity index is 729. The highest BCUT2D eigenvalue weighted by atomic mass is 16.6. The Hall–Kier alpha value is -2.41. The van der Waals surface area contributed by atoms with Crippen molar-refractivity contribution in [3.8, 4) is 0 Å². The molecule has 0 radical (unpaired) electrons. The van der Waals surface area contributed by atoms with E-state index in [-0.39, 0.29) is 31.4 Å². The number of rotatable bonds is 9. The second-order valence-electron chi connectivity index (χ2n) is 8.92. The zero-order chi connectivity index (χ0) is 22.2. The van der Waals surface area contributed by atoms with Crippen molar-refractivity contribution in [3.05, 3.63) is 35.9 Å². The lowest BCUT2D eigenvalue weighted by molar-refractivity contribution is -0.168. The molecule has 1 fully saturated rings. The van der Waals surface area contributed by atoms with Gasteiger partial charge in [-0.25, -0.2) is 0 Å². The summed E-state index contributed by atoms with van der Waals surface area (Å²) in [6.07, 6.45) is 2.57. The van der Waals surface area contributed by atoms with Gasteiger partial charge in [0.2, 0.25) is 5.91 Å². The molecule has 0 aliphatic carbocycles. The van der Waals surface area contributed by atoms with E-state index in [2.05, 4.69) is 0 Å². The van der Waals surface area contributed by atoms with Gasteiger partial charge < -0.3 is 20.1 Å². The van der Waals surface area contributed by atoms with Gasteiger partial charge in [0.1, 0.15) is 18.8 Å². The van der Waals surface area contributed by atoms with Gasteiger partial charge in [-0.1, -0.05) is 36.8 Å². The molecule has 1 saturated heterocycles. The number of carbonyl (C=O) groups is 3. The molecule has 0 aromatic heterocycles. The van der Waals surface area contributed by atoms with Gasteiger partial charge >= 0.3 is 11.9 Å². The predicted molar refractivity (Wildman–Crippen MR) is 113 cm³/mol. The number of ether oxygens (including phenoxy) is 2. The third kappa shape index (κ3) is 7.13. The van der Waals surface area contributed by atoms with E-state index in [4.69, 9.17) is 15.2 Å². The van der Waals surface area contributed by atoms with Crippen LogP contribution in [0.5, 0.6) is 0 Å². The molecular formula is C23H34N2O5. The summed E-state index contributed by atoms with van der Waals surface area (Å²) >= 11 is 0. The number of carbonyl (C=O) groups excluding carboxylic acids is 3. The van der Waals surface area contributed by atoms with Crippen molar-refractivity contribution in [1.82, 2.24) is 4.90 Å². The van der Waals surface area contributed by atoms with Crippen LogP contribution in [0, 0.1) is 5.41 Å². The van der Waals surface area contributed by atoms with Gasteiger partial charge in [0, 0.05) is 13.0 Å². The van der Waals surface area contributed by atoms with E-state index >= 15 is 0 Å². The fraction of sp³-hybridized carbons (Fsp3) is 0.609. The van der Waals surface area contributed by atoms with Crippen LogP contribution in [0.4, 0.5) is 0 Å². The second kappa shape index (κ2) is 10.6.